The highest BCUT2D eigenvalue weighted by molar-refractivity contribution is 5.62. The maximum atomic E-state index is 13.4. The number of hydrogen-bond donors (Lipinski definition) is 1. The van der Waals surface area contributed by atoms with Crippen LogP contribution in [-0.4, -0.2) is 18.1 Å². The molecule has 0 aliphatic rings. The van der Waals surface area contributed by atoms with Crippen LogP contribution < -0.4 is 10.2 Å². The third-order valence-corrected chi connectivity index (χ3v) is 3.12. The Morgan fingerprint density at radius 2 is 2.05 bits per heavy atom. The van der Waals surface area contributed by atoms with Crippen molar-refractivity contribution in [2.45, 2.75) is 20.4 Å². The first-order valence-corrected chi connectivity index (χ1v) is 6.94. The molecule has 0 unspecified atom stereocenters. The van der Waals surface area contributed by atoms with Crippen LogP contribution in [0.4, 0.5) is 15.9 Å². The van der Waals surface area contributed by atoms with Crippen LogP contribution in [0.1, 0.15) is 19.4 Å². The Morgan fingerprint density at radius 3 is 2.75 bits per heavy atom. The van der Waals surface area contributed by atoms with Crippen LogP contribution in [-0.2, 0) is 6.54 Å². The van der Waals surface area contributed by atoms with Gasteiger partial charge in [0, 0.05) is 30.5 Å². The molecule has 0 bridgehead atoms. The van der Waals surface area contributed by atoms with Crippen molar-refractivity contribution < 1.29 is 4.39 Å². The molecule has 20 heavy (non-hydrogen) atoms. The van der Waals surface area contributed by atoms with Crippen molar-refractivity contribution in [2.75, 3.05) is 18.0 Å². The minimum Gasteiger partial charge on any atom is -0.326 e. The monoisotopic (exact) mass is 273 g/mol. The average Bonchev–Trinajstić information content (AvgIpc) is 2.47. The second-order valence-electron chi connectivity index (χ2n) is 4.49. The summed E-state index contributed by atoms with van der Waals surface area (Å²) in [6.07, 6.45) is 1.77. The quantitative estimate of drug-likeness (QED) is 0.873. The van der Waals surface area contributed by atoms with Crippen LogP contribution in [0.25, 0.3) is 0 Å². The van der Waals surface area contributed by atoms with Crippen LogP contribution in [0.5, 0.6) is 0 Å². The van der Waals surface area contributed by atoms with Gasteiger partial charge in [-0.3, -0.25) is 0 Å². The summed E-state index contributed by atoms with van der Waals surface area (Å²) < 4.78 is 13.4. The van der Waals surface area contributed by atoms with Gasteiger partial charge in [0.05, 0.1) is 0 Å². The predicted octanol–water partition coefficient (Wildman–Crippen LogP) is 3.49. The normalized spacial score (nSPS) is 10.6. The van der Waals surface area contributed by atoms with Gasteiger partial charge in [-0.2, -0.15) is 0 Å². The summed E-state index contributed by atoms with van der Waals surface area (Å²) in [5.74, 6) is 0.645. The van der Waals surface area contributed by atoms with E-state index in [9.17, 15) is 4.39 Å². The second kappa shape index (κ2) is 7.01. The van der Waals surface area contributed by atoms with Gasteiger partial charge in [0.15, 0.2) is 0 Å². The van der Waals surface area contributed by atoms with Gasteiger partial charge in [-0.1, -0.05) is 19.1 Å². The molecular weight excluding hydrogens is 253 g/mol. The van der Waals surface area contributed by atoms with Gasteiger partial charge in [-0.05, 0) is 37.7 Å². The number of nitrogens with one attached hydrogen (secondary N) is 1. The number of benzene rings is 1. The number of anilines is 2. The van der Waals surface area contributed by atoms with Crippen molar-refractivity contribution in [2.24, 2.45) is 0 Å². The van der Waals surface area contributed by atoms with Gasteiger partial charge in [-0.15, -0.1) is 0 Å². The van der Waals surface area contributed by atoms with Crippen molar-refractivity contribution in [1.29, 1.82) is 0 Å². The summed E-state index contributed by atoms with van der Waals surface area (Å²) >= 11 is 0. The molecular formula is C16H20FN3. The number of rotatable bonds is 6. The van der Waals surface area contributed by atoms with E-state index in [1.165, 1.54) is 12.1 Å². The zero-order valence-electron chi connectivity index (χ0n) is 11.9. The van der Waals surface area contributed by atoms with Crippen molar-refractivity contribution >= 4 is 11.5 Å². The topological polar surface area (TPSA) is 28.2 Å². The van der Waals surface area contributed by atoms with Gasteiger partial charge in [0.25, 0.3) is 0 Å². The first-order valence-electron chi connectivity index (χ1n) is 6.94. The number of halogens is 1. The van der Waals surface area contributed by atoms with E-state index in [2.05, 4.69) is 17.2 Å². The average molecular weight is 273 g/mol. The predicted molar refractivity (Wildman–Crippen MR) is 80.7 cm³/mol. The number of hydrogen-bond acceptors (Lipinski definition) is 3. The minimum absolute atomic E-state index is 0.231. The summed E-state index contributed by atoms with van der Waals surface area (Å²) in [7, 11) is 0. The maximum Gasteiger partial charge on any atom is 0.137 e. The largest absolute Gasteiger partial charge is 0.326 e. The second-order valence-corrected chi connectivity index (χ2v) is 4.49. The summed E-state index contributed by atoms with van der Waals surface area (Å²) in [6.45, 7) is 6.50. The first-order chi connectivity index (χ1) is 9.76. The molecule has 0 amide bonds. The fourth-order valence-electron chi connectivity index (χ4n) is 2.17. The molecule has 0 saturated heterocycles. The lowest BCUT2D eigenvalue weighted by atomic mass is 10.2. The molecule has 4 heteroatoms. The van der Waals surface area contributed by atoms with E-state index in [1.54, 1.807) is 12.3 Å². The van der Waals surface area contributed by atoms with Crippen molar-refractivity contribution in [3.05, 3.63) is 54.0 Å². The van der Waals surface area contributed by atoms with Crippen molar-refractivity contribution in [1.82, 2.24) is 10.3 Å². The molecule has 106 valence electrons. The van der Waals surface area contributed by atoms with E-state index in [0.717, 1.165) is 36.7 Å². The molecule has 1 N–H and O–H groups in total. The molecule has 1 aromatic heterocycles. The maximum absolute atomic E-state index is 13.4. The van der Waals surface area contributed by atoms with Crippen LogP contribution in [0.15, 0.2) is 42.6 Å². The molecule has 2 aromatic rings. The lowest BCUT2D eigenvalue weighted by Crippen LogP contribution is -2.21. The van der Waals surface area contributed by atoms with Crippen molar-refractivity contribution in [3.63, 3.8) is 0 Å². The Morgan fingerprint density at radius 1 is 1.20 bits per heavy atom. The zero-order chi connectivity index (χ0) is 14.4. The highest BCUT2D eigenvalue weighted by Crippen LogP contribution is 2.26. The molecule has 0 fully saturated rings. The van der Waals surface area contributed by atoms with E-state index >= 15 is 0 Å². The molecule has 2 rings (SSSR count). The lowest BCUT2D eigenvalue weighted by molar-refractivity contribution is 0.627. The molecule has 1 aromatic carbocycles. The molecule has 0 saturated carbocycles. The summed E-state index contributed by atoms with van der Waals surface area (Å²) in [5, 5.41) is 3.31. The fraction of sp³-hybridized carbons (Fsp3) is 0.312. The van der Waals surface area contributed by atoms with Gasteiger partial charge >= 0.3 is 0 Å². The Labute approximate surface area is 119 Å². The van der Waals surface area contributed by atoms with Crippen LogP contribution in [0.3, 0.4) is 0 Å². The number of aromatic nitrogens is 1. The number of pyridine rings is 1. The first kappa shape index (κ1) is 14.5. The highest BCUT2D eigenvalue weighted by Gasteiger charge is 2.13. The Kier molecular flexibility index (Phi) is 5.07. The van der Waals surface area contributed by atoms with E-state index in [4.69, 9.17) is 0 Å². The smallest absolute Gasteiger partial charge is 0.137 e. The van der Waals surface area contributed by atoms with Crippen LogP contribution in [0, 0.1) is 5.82 Å². The molecule has 1 heterocycles. The number of nitrogens with zero attached hydrogens (tertiary/aromatic N) is 2. The van der Waals surface area contributed by atoms with Crippen molar-refractivity contribution in [3.8, 4) is 0 Å². The van der Waals surface area contributed by atoms with E-state index in [0.29, 0.717) is 0 Å². The van der Waals surface area contributed by atoms with Gasteiger partial charge in [-0.25, -0.2) is 9.37 Å². The molecule has 0 radical (unpaired) electrons. The van der Waals surface area contributed by atoms with E-state index < -0.39 is 0 Å². The Hall–Kier alpha value is -1.94. The van der Waals surface area contributed by atoms with E-state index in [-0.39, 0.29) is 5.82 Å². The van der Waals surface area contributed by atoms with E-state index in [1.807, 2.05) is 30.0 Å². The SMILES string of the molecule is CCNCc1cccnc1N(CC)c1cccc(F)c1. The minimum atomic E-state index is -0.231. The molecule has 0 aliphatic heterocycles. The molecule has 3 nitrogen and oxygen atoms in total. The van der Waals surface area contributed by atoms with Gasteiger partial charge in [0.2, 0.25) is 0 Å². The van der Waals surface area contributed by atoms with Crippen LogP contribution >= 0.6 is 0 Å². The standard InChI is InChI=1S/C16H20FN3/c1-3-18-12-13-7-6-10-19-16(13)20(4-2)15-9-5-8-14(17)11-15/h5-11,18H,3-4,12H2,1-2H3. The highest BCUT2D eigenvalue weighted by atomic mass is 19.1. The molecule has 0 atom stereocenters. The Bertz CT molecular complexity index is 557. The third kappa shape index (κ3) is 3.33. The Balaban J connectivity index is 2.36. The van der Waals surface area contributed by atoms with Gasteiger partial charge < -0.3 is 10.2 Å². The molecule has 0 aliphatic carbocycles. The lowest BCUT2D eigenvalue weighted by Gasteiger charge is -2.24. The molecule has 0 spiro atoms. The summed E-state index contributed by atoms with van der Waals surface area (Å²) in [4.78, 5) is 6.50. The summed E-state index contributed by atoms with van der Waals surface area (Å²) in [6, 6.07) is 10.6. The third-order valence-electron chi connectivity index (χ3n) is 3.12. The summed E-state index contributed by atoms with van der Waals surface area (Å²) in [5.41, 5.74) is 1.93. The van der Waals surface area contributed by atoms with Crippen LogP contribution in [0.2, 0.25) is 0 Å². The fourth-order valence-corrected chi connectivity index (χ4v) is 2.17. The zero-order valence-corrected chi connectivity index (χ0v) is 11.9. The van der Waals surface area contributed by atoms with Gasteiger partial charge in [0.1, 0.15) is 11.6 Å².